The second-order valence-electron chi connectivity index (χ2n) is 5.67. The van der Waals surface area contributed by atoms with E-state index < -0.39 is 0 Å². The van der Waals surface area contributed by atoms with Gasteiger partial charge in [0.2, 0.25) is 0 Å². The summed E-state index contributed by atoms with van der Waals surface area (Å²) >= 11 is 0. The molecule has 2 aromatic carbocycles. The van der Waals surface area contributed by atoms with Gasteiger partial charge in [-0.15, -0.1) is 0 Å². The molecule has 3 rings (SSSR count). The van der Waals surface area contributed by atoms with Gasteiger partial charge in [-0.3, -0.25) is 4.68 Å². The average Bonchev–Trinajstić information content (AvgIpc) is 2.90. The van der Waals surface area contributed by atoms with Crippen LogP contribution in [0.4, 0.5) is 0 Å². The second-order valence-corrected chi connectivity index (χ2v) is 5.67. The molecule has 0 saturated heterocycles. The number of fused-ring (bicyclic) bond motifs is 1. The number of nitrogens with one attached hydrogen (secondary N) is 1. The highest BCUT2D eigenvalue weighted by molar-refractivity contribution is 5.78. The molecule has 0 aliphatic heterocycles. The third-order valence-corrected chi connectivity index (χ3v) is 3.69. The van der Waals surface area contributed by atoms with Crippen molar-refractivity contribution in [1.29, 1.82) is 0 Å². The number of benzene rings is 2. The van der Waals surface area contributed by atoms with Crippen LogP contribution in [-0.4, -0.2) is 15.8 Å². The van der Waals surface area contributed by atoms with Gasteiger partial charge in [-0.1, -0.05) is 56.3 Å². The van der Waals surface area contributed by atoms with Gasteiger partial charge in [0.05, 0.1) is 18.3 Å². The molecular formula is C18H21N3. The number of hydrogen-bond donors (Lipinski definition) is 1. The molecule has 1 aromatic heterocycles. The molecule has 0 spiro atoms. The van der Waals surface area contributed by atoms with Crippen molar-refractivity contribution < 1.29 is 0 Å². The van der Waals surface area contributed by atoms with E-state index in [2.05, 4.69) is 77.5 Å². The van der Waals surface area contributed by atoms with Gasteiger partial charge in [0, 0.05) is 18.0 Å². The van der Waals surface area contributed by atoms with E-state index in [1.54, 1.807) is 0 Å². The zero-order valence-corrected chi connectivity index (χ0v) is 12.6. The minimum Gasteiger partial charge on any atom is -0.310 e. The lowest BCUT2D eigenvalue weighted by molar-refractivity contribution is 0.583. The van der Waals surface area contributed by atoms with Crippen LogP contribution in [0.1, 0.15) is 25.0 Å². The Morgan fingerprint density at radius 3 is 2.52 bits per heavy atom. The summed E-state index contributed by atoms with van der Waals surface area (Å²) in [5.41, 5.74) is 3.84. The first-order chi connectivity index (χ1) is 10.2. The van der Waals surface area contributed by atoms with Gasteiger partial charge in [-0.05, 0) is 17.2 Å². The zero-order valence-electron chi connectivity index (χ0n) is 12.6. The molecule has 0 aliphatic carbocycles. The maximum absolute atomic E-state index is 4.52. The highest BCUT2D eigenvalue weighted by Crippen LogP contribution is 2.16. The maximum Gasteiger partial charge on any atom is 0.0686 e. The van der Waals surface area contributed by atoms with Gasteiger partial charge < -0.3 is 5.32 Å². The van der Waals surface area contributed by atoms with E-state index >= 15 is 0 Å². The Balaban J connectivity index is 1.87. The lowest BCUT2D eigenvalue weighted by Crippen LogP contribution is -2.22. The lowest BCUT2D eigenvalue weighted by Gasteiger charge is -2.13. The van der Waals surface area contributed by atoms with Gasteiger partial charge in [-0.2, -0.15) is 5.10 Å². The fourth-order valence-corrected chi connectivity index (χ4v) is 2.51. The van der Waals surface area contributed by atoms with Gasteiger partial charge in [-0.25, -0.2) is 0 Å². The van der Waals surface area contributed by atoms with Crippen LogP contribution in [0.3, 0.4) is 0 Å². The Labute approximate surface area is 125 Å². The van der Waals surface area contributed by atoms with E-state index in [4.69, 9.17) is 0 Å². The van der Waals surface area contributed by atoms with Crippen LogP contribution in [0.15, 0.2) is 54.7 Å². The monoisotopic (exact) mass is 279 g/mol. The Morgan fingerprint density at radius 1 is 1.00 bits per heavy atom. The molecule has 0 amide bonds. The molecule has 21 heavy (non-hydrogen) atoms. The molecule has 3 nitrogen and oxygen atoms in total. The highest BCUT2D eigenvalue weighted by Gasteiger charge is 2.06. The van der Waals surface area contributed by atoms with Crippen LogP contribution >= 0.6 is 0 Å². The first kappa shape index (κ1) is 13.8. The molecule has 108 valence electrons. The number of para-hydroxylation sites is 1. The minimum absolute atomic E-state index is 0.489. The summed E-state index contributed by atoms with van der Waals surface area (Å²) in [5.74, 6) is 0. The lowest BCUT2D eigenvalue weighted by atomic mass is 10.1. The van der Waals surface area contributed by atoms with Crippen molar-refractivity contribution in [3.8, 4) is 0 Å². The standard InChI is InChI=1S/C18H21N3/c1-14(2)19-11-15-7-3-4-9-17(15)13-21-18-10-6-5-8-16(18)12-20-21/h3-10,12,14,19H,11,13H2,1-2H3. The molecule has 0 fully saturated rings. The van der Waals surface area contributed by atoms with Crippen LogP contribution in [0.5, 0.6) is 0 Å². The van der Waals surface area contributed by atoms with Gasteiger partial charge in [0.15, 0.2) is 0 Å². The molecule has 0 saturated carbocycles. The SMILES string of the molecule is CC(C)NCc1ccccc1Cn1ncc2ccccc21. The van der Waals surface area contributed by atoms with E-state index in [1.165, 1.54) is 22.0 Å². The number of aromatic nitrogens is 2. The number of nitrogens with zero attached hydrogens (tertiary/aromatic N) is 2. The highest BCUT2D eigenvalue weighted by atomic mass is 15.3. The van der Waals surface area contributed by atoms with Crippen LogP contribution in [0, 0.1) is 0 Å². The maximum atomic E-state index is 4.52. The first-order valence-corrected chi connectivity index (χ1v) is 7.45. The molecule has 0 atom stereocenters. The third-order valence-electron chi connectivity index (χ3n) is 3.69. The predicted octanol–water partition coefficient (Wildman–Crippen LogP) is 3.58. The normalized spacial score (nSPS) is 11.4. The topological polar surface area (TPSA) is 29.9 Å². The van der Waals surface area contributed by atoms with Gasteiger partial charge >= 0.3 is 0 Å². The molecule has 0 bridgehead atoms. The summed E-state index contributed by atoms with van der Waals surface area (Å²) in [7, 11) is 0. The fraction of sp³-hybridized carbons (Fsp3) is 0.278. The Bertz CT molecular complexity index is 728. The second kappa shape index (κ2) is 6.10. The van der Waals surface area contributed by atoms with Crippen LogP contribution in [0.25, 0.3) is 10.9 Å². The summed E-state index contributed by atoms with van der Waals surface area (Å²) in [6.45, 7) is 6.05. The van der Waals surface area contributed by atoms with Crippen molar-refractivity contribution in [2.75, 3.05) is 0 Å². The van der Waals surface area contributed by atoms with Crippen LogP contribution in [0.2, 0.25) is 0 Å². The van der Waals surface area contributed by atoms with Gasteiger partial charge in [0.25, 0.3) is 0 Å². The van der Waals surface area contributed by atoms with E-state index in [0.717, 1.165) is 13.1 Å². The largest absolute Gasteiger partial charge is 0.310 e. The summed E-state index contributed by atoms with van der Waals surface area (Å²) in [5, 5.41) is 9.20. The summed E-state index contributed by atoms with van der Waals surface area (Å²) in [4.78, 5) is 0. The molecule has 3 heteroatoms. The van der Waals surface area contributed by atoms with Crippen molar-refractivity contribution in [2.24, 2.45) is 0 Å². The molecule has 0 radical (unpaired) electrons. The minimum atomic E-state index is 0.489. The quantitative estimate of drug-likeness (QED) is 0.773. The molecule has 0 aliphatic rings. The van der Waals surface area contributed by atoms with Crippen LogP contribution in [-0.2, 0) is 13.1 Å². The third kappa shape index (κ3) is 3.14. The predicted molar refractivity (Wildman–Crippen MR) is 87.3 cm³/mol. The Morgan fingerprint density at radius 2 is 1.71 bits per heavy atom. The average molecular weight is 279 g/mol. The van der Waals surface area contributed by atoms with Crippen LogP contribution < -0.4 is 5.32 Å². The van der Waals surface area contributed by atoms with Crippen molar-refractivity contribution in [2.45, 2.75) is 33.0 Å². The Kier molecular flexibility index (Phi) is 4.02. The first-order valence-electron chi connectivity index (χ1n) is 7.45. The van der Waals surface area contributed by atoms with Gasteiger partial charge in [0.1, 0.15) is 0 Å². The molecule has 0 unspecified atom stereocenters. The fourth-order valence-electron chi connectivity index (χ4n) is 2.51. The van der Waals surface area contributed by atoms with E-state index in [1.807, 2.05) is 6.20 Å². The van der Waals surface area contributed by atoms with E-state index in [9.17, 15) is 0 Å². The van der Waals surface area contributed by atoms with E-state index in [-0.39, 0.29) is 0 Å². The molecule has 3 aromatic rings. The Hall–Kier alpha value is -2.13. The number of rotatable bonds is 5. The number of hydrogen-bond acceptors (Lipinski definition) is 2. The molecular weight excluding hydrogens is 258 g/mol. The summed E-state index contributed by atoms with van der Waals surface area (Å²) < 4.78 is 2.07. The van der Waals surface area contributed by atoms with Crippen molar-refractivity contribution in [1.82, 2.24) is 15.1 Å². The summed E-state index contributed by atoms with van der Waals surface area (Å²) in [6, 6.07) is 17.4. The zero-order chi connectivity index (χ0) is 14.7. The van der Waals surface area contributed by atoms with Crippen molar-refractivity contribution in [3.63, 3.8) is 0 Å². The van der Waals surface area contributed by atoms with Crippen molar-refractivity contribution >= 4 is 10.9 Å². The van der Waals surface area contributed by atoms with E-state index in [0.29, 0.717) is 6.04 Å². The molecule has 1 heterocycles. The summed E-state index contributed by atoms with van der Waals surface area (Å²) in [6.07, 6.45) is 1.93. The smallest absolute Gasteiger partial charge is 0.0686 e. The molecule has 1 N–H and O–H groups in total. The van der Waals surface area contributed by atoms with Crippen molar-refractivity contribution in [3.05, 3.63) is 65.9 Å².